The molecule has 3 aromatic rings. The summed E-state index contributed by atoms with van der Waals surface area (Å²) in [5.74, 6) is -0.166. The predicted octanol–water partition coefficient (Wildman–Crippen LogP) is 5.37. The molecule has 1 amide bonds. The number of carbonyl (C=O) groups is 1. The molecular weight excluding hydrogens is 452 g/mol. The number of aryl methyl sites for hydroxylation is 1. The van der Waals surface area contributed by atoms with Gasteiger partial charge in [-0.25, -0.2) is 8.42 Å². The number of anilines is 1. The first-order valence-corrected chi connectivity index (χ1v) is 13.6. The van der Waals surface area contributed by atoms with E-state index in [4.69, 9.17) is 0 Å². The number of nitrogens with zero attached hydrogens (tertiary/aromatic N) is 1. The highest BCUT2D eigenvalue weighted by Crippen LogP contribution is 2.25. The van der Waals surface area contributed by atoms with Gasteiger partial charge < -0.3 is 5.32 Å². The van der Waals surface area contributed by atoms with Gasteiger partial charge in [0.1, 0.15) is 0 Å². The van der Waals surface area contributed by atoms with Gasteiger partial charge in [-0.05, 0) is 87.0 Å². The standard InChI is InChI=1S/C26H30N2O3S2/c1-4-28(33(30,31)25-18-16-24(32-3)17-19-25)23-14-12-22(13-15-23)26(29)27-20(2)10-11-21-8-6-5-7-9-21/h5-9,12-20H,4,10-11H2,1-3H3,(H,27,29)/t20-/m1/s1. The summed E-state index contributed by atoms with van der Waals surface area (Å²) in [4.78, 5) is 13.9. The lowest BCUT2D eigenvalue weighted by atomic mass is 10.1. The first kappa shape index (κ1) is 24.9. The second-order valence-electron chi connectivity index (χ2n) is 7.79. The van der Waals surface area contributed by atoms with Crippen molar-refractivity contribution in [1.29, 1.82) is 0 Å². The van der Waals surface area contributed by atoms with Crippen molar-refractivity contribution in [3.05, 3.63) is 90.0 Å². The van der Waals surface area contributed by atoms with E-state index in [0.29, 0.717) is 11.3 Å². The van der Waals surface area contributed by atoms with Crippen LogP contribution in [0.1, 0.15) is 36.2 Å². The van der Waals surface area contributed by atoms with Gasteiger partial charge in [-0.15, -0.1) is 11.8 Å². The van der Waals surface area contributed by atoms with E-state index in [1.54, 1.807) is 67.2 Å². The number of benzene rings is 3. The fourth-order valence-corrected chi connectivity index (χ4v) is 5.43. The number of thioether (sulfide) groups is 1. The number of nitrogens with one attached hydrogen (secondary N) is 1. The van der Waals surface area contributed by atoms with Crippen LogP contribution in [0.2, 0.25) is 0 Å². The second-order valence-corrected chi connectivity index (χ2v) is 10.5. The van der Waals surface area contributed by atoms with Crippen molar-refractivity contribution in [3.63, 3.8) is 0 Å². The predicted molar refractivity (Wildman–Crippen MR) is 137 cm³/mol. The van der Waals surface area contributed by atoms with Crippen LogP contribution in [0.4, 0.5) is 5.69 Å². The number of amides is 1. The molecule has 1 N–H and O–H groups in total. The van der Waals surface area contributed by atoms with Crippen LogP contribution in [0.15, 0.2) is 88.7 Å². The maximum atomic E-state index is 13.2. The molecule has 0 radical (unpaired) electrons. The Bertz CT molecular complexity index is 1150. The van der Waals surface area contributed by atoms with Crippen molar-refractivity contribution in [2.24, 2.45) is 0 Å². The van der Waals surface area contributed by atoms with Gasteiger partial charge in [0, 0.05) is 23.0 Å². The molecule has 0 aliphatic heterocycles. The number of sulfonamides is 1. The molecule has 174 valence electrons. The highest BCUT2D eigenvalue weighted by Gasteiger charge is 2.24. The number of hydrogen-bond acceptors (Lipinski definition) is 4. The smallest absolute Gasteiger partial charge is 0.264 e. The number of hydrogen-bond donors (Lipinski definition) is 1. The van der Waals surface area contributed by atoms with Crippen LogP contribution in [0.25, 0.3) is 0 Å². The van der Waals surface area contributed by atoms with Crippen molar-refractivity contribution in [1.82, 2.24) is 5.32 Å². The molecule has 0 fully saturated rings. The molecule has 0 bridgehead atoms. The molecule has 0 heterocycles. The van der Waals surface area contributed by atoms with Crippen molar-refractivity contribution in [3.8, 4) is 0 Å². The molecule has 7 heteroatoms. The van der Waals surface area contributed by atoms with Crippen LogP contribution >= 0.6 is 11.8 Å². The average Bonchev–Trinajstić information content (AvgIpc) is 2.84. The molecule has 0 aliphatic rings. The van der Waals surface area contributed by atoms with Crippen molar-refractivity contribution in [2.75, 3.05) is 17.1 Å². The summed E-state index contributed by atoms with van der Waals surface area (Å²) < 4.78 is 27.7. The minimum absolute atomic E-state index is 0.0224. The fraction of sp³-hybridized carbons (Fsp3) is 0.269. The topological polar surface area (TPSA) is 66.5 Å². The highest BCUT2D eigenvalue weighted by atomic mass is 32.2. The van der Waals surface area contributed by atoms with E-state index in [0.717, 1.165) is 17.7 Å². The van der Waals surface area contributed by atoms with E-state index < -0.39 is 10.0 Å². The molecule has 0 saturated heterocycles. The maximum absolute atomic E-state index is 13.2. The summed E-state index contributed by atoms with van der Waals surface area (Å²) in [6.07, 6.45) is 3.68. The van der Waals surface area contributed by atoms with E-state index in [1.165, 1.54) is 9.87 Å². The molecule has 1 atom stereocenters. The molecule has 0 aromatic heterocycles. The Morgan fingerprint density at radius 1 is 0.970 bits per heavy atom. The Morgan fingerprint density at radius 3 is 2.18 bits per heavy atom. The zero-order chi connectivity index (χ0) is 23.8. The first-order chi connectivity index (χ1) is 15.8. The molecule has 0 aliphatic carbocycles. The number of carbonyl (C=O) groups excluding carboxylic acids is 1. The SMILES string of the molecule is CCN(c1ccc(C(=O)N[C@H](C)CCc2ccccc2)cc1)S(=O)(=O)c1ccc(SC)cc1. The first-order valence-electron chi connectivity index (χ1n) is 11.0. The van der Waals surface area contributed by atoms with Crippen molar-refractivity contribution >= 4 is 33.4 Å². The zero-order valence-electron chi connectivity index (χ0n) is 19.2. The van der Waals surface area contributed by atoms with Gasteiger partial charge in [-0.1, -0.05) is 30.3 Å². The Morgan fingerprint density at radius 2 is 1.61 bits per heavy atom. The summed E-state index contributed by atoms with van der Waals surface area (Å²) in [6, 6.07) is 23.8. The van der Waals surface area contributed by atoms with Crippen LogP contribution in [-0.2, 0) is 16.4 Å². The van der Waals surface area contributed by atoms with Gasteiger partial charge in [0.2, 0.25) is 0 Å². The Balaban J connectivity index is 1.66. The lowest BCUT2D eigenvalue weighted by Crippen LogP contribution is -2.33. The Kier molecular flexibility index (Phi) is 8.58. The van der Waals surface area contributed by atoms with Crippen LogP contribution in [0.5, 0.6) is 0 Å². The summed E-state index contributed by atoms with van der Waals surface area (Å²) >= 11 is 1.56. The van der Waals surface area contributed by atoms with Gasteiger partial charge in [0.15, 0.2) is 0 Å². The summed E-state index contributed by atoms with van der Waals surface area (Å²) in [5.41, 5.74) is 2.27. The summed E-state index contributed by atoms with van der Waals surface area (Å²) in [7, 11) is -3.69. The summed E-state index contributed by atoms with van der Waals surface area (Å²) in [5, 5.41) is 3.02. The monoisotopic (exact) mass is 482 g/mol. The molecule has 3 aromatic carbocycles. The molecule has 33 heavy (non-hydrogen) atoms. The minimum atomic E-state index is -3.69. The van der Waals surface area contributed by atoms with Crippen LogP contribution in [0, 0.1) is 0 Å². The quantitative estimate of drug-likeness (QED) is 0.394. The third kappa shape index (κ3) is 6.39. The number of rotatable bonds is 10. The van der Waals surface area contributed by atoms with E-state index in [2.05, 4.69) is 17.4 Å². The molecule has 5 nitrogen and oxygen atoms in total. The Hall–Kier alpha value is -2.77. The van der Waals surface area contributed by atoms with Crippen LogP contribution in [0.3, 0.4) is 0 Å². The van der Waals surface area contributed by atoms with Gasteiger partial charge in [0.25, 0.3) is 15.9 Å². The lowest BCUT2D eigenvalue weighted by Gasteiger charge is -2.23. The summed E-state index contributed by atoms with van der Waals surface area (Å²) in [6.45, 7) is 4.07. The largest absolute Gasteiger partial charge is 0.350 e. The molecule has 0 saturated carbocycles. The average molecular weight is 483 g/mol. The maximum Gasteiger partial charge on any atom is 0.264 e. The molecule has 3 rings (SSSR count). The van der Waals surface area contributed by atoms with Gasteiger partial charge in [0.05, 0.1) is 10.6 Å². The van der Waals surface area contributed by atoms with Crippen LogP contribution < -0.4 is 9.62 Å². The van der Waals surface area contributed by atoms with Gasteiger partial charge in [-0.3, -0.25) is 9.10 Å². The lowest BCUT2D eigenvalue weighted by molar-refractivity contribution is 0.0938. The second kappa shape index (κ2) is 11.4. The zero-order valence-corrected chi connectivity index (χ0v) is 20.8. The molecule has 0 unspecified atom stereocenters. The normalized spacial score (nSPS) is 12.2. The van der Waals surface area contributed by atoms with Gasteiger partial charge in [-0.2, -0.15) is 0 Å². The van der Waals surface area contributed by atoms with E-state index in [1.807, 2.05) is 31.4 Å². The third-order valence-corrected chi connectivity index (χ3v) is 8.10. The van der Waals surface area contributed by atoms with Crippen molar-refractivity contribution < 1.29 is 13.2 Å². The minimum Gasteiger partial charge on any atom is -0.350 e. The molecule has 0 spiro atoms. The van der Waals surface area contributed by atoms with Crippen LogP contribution in [-0.4, -0.2) is 33.2 Å². The van der Waals surface area contributed by atoms with E-state index in [-0.39, 0.29) is 23.4 Å². The van der Waals surface area contributed by atoms with E-state index in [9.17, 15) is 13.2 Å². The fourth-order valence-electron chi connectivity index (χ4n) is 3.55. The van der Waals surface area contributed by atoms with E-state index >= 15 is 0 Å². The van der Waals surface area contributed by atoms with Crippen molar-refractivity contribution in [2.45, 2.75) is 42.5 Å². The molecular formula is C26H30N2O3S2. The highest BCUT2D eigenvalue weighted by molar-refractivity contribution is 7.98. The van der Waals surface area contributed by atoms with Gasteiger partial charge >= 0.3 is 0 Å². The Labute approximate surface area is 201 Å². The third-order valence-electron chi connectivity index (χ3n) is 5.44.